The van der Waals surface area contributed by atoms with Gasteiger partial charge >= 0.3 is 0 Å². The molecule has 0 saturated carbocycles. The van der Waals surface area contributed by atoms with E-state index in [4.69, 9.17) is 5.26 Å². The van der Waals surface area contributed by atoms with Crippen LogP contribution in [-0.2, 0) is 0 Å². The molecule has 0 aliphatic heterocycles. The van der Waals surface area contributed by atoms with E-state index in [0.29, 0.717) is 11.4 Å². The summed E-state index contributed by atoms with van der Waals surface area (Å²) >= 11 is 3.28. The first-order valence-electron chi connectivity index (χ1n) is 4.77. The summed E-state index contributed by atoms with van der Waals surface area (Å²) in [6.45, 7) is 0. The van der Waals surface area contributed by atoms with Gasteiger partial charge in [0.25, 0.3) is 0 Å². The highest BCUT2D eigenvalue weighted by atomic mass is 79.9. The van der Waals surface area contributed by atoms with E-state index in [2.05, 4.69) is 26.2 Å². The molecule has 17 heavy (non-hydrogen) atoms. The second-order valence-electron chi connectivity index (χ2n) is 3.29. The van der Waals surface area contributed by atoms with Gasteiger partial charge in [-0.1, -0.05) is 6.07 Å². The fourth-order valence-corrected chi connectivity index (χ4v) is 1.74. The van der Waals surface area contributed by atoms with Crippen molar-refractivity contribution in [3.63, 3.8) is 0 Å². The number of aromatic nitrogens is 1. The van der Waals surface area contributed by atoms with Crippen LogP contribution in [0.5, 0.6) is 0 Å². The summed E-state index contributed by atoms with van der Waals surface area (Å²) in [5.74, 6) is -0.541. The average molecular weight is 292 g/mol. The summed E-state index contributed by atoms with van der Waals surface area (Å²) in [5.41, 5.74) is 1.10. The topological polar surface area (TPSA) is 48.7 Å². The van der Waals surface area contributed by atoms with E-state index in [-0.39, 0.29) is 5.56 Å². The number of pyridine rings is 1. The molecule has 1 aromatic heterocycles. The number of anilines is 2. The van der Waals surface area contributed by atoms with Crippen LogP contribution in [0.15, 0.2) is 41.1 Å². The Morgan fingerprint density at radius 2 is 2.18 bits per heavy atom. The molecule has 3 nitrogen and oxygen atoms in total. The summed E-state index contributed by atoms with van der Waals surface area (Å²) in [7, 11) is 0. The van der Waals surface area contributed by atoms with Gasteiger partial charge in [-0.2, -0.15) is 5.26 Å². The molecule has 0 fully saturated rings. The molecular weight excluding hydrogens is 285 g/mol. The molecular formula is C12H7BrFN3. The zero-order chi connectivity index (χ0) is 12.3. The molecule has 2 rings (SSSR count). The largest absolute Gasteiger partial charge is 0.353 e. The van der Waals surface area contributed by atoms with Crippen molar-refractivity contribution in [3.05, 3.63) is 52.5 Å². The van der Waals surface area contributed by atoms with Crippen LogP contribution in [0.4, 0.5) is 15.8 Å². The number of hydrogen-bond acceptors (Lipinski definition) is 3. The van der Waals surface area contributed by atoms with E-state index >= 15 is 0 Å². The minimum Gasteiger partial charge on any atom is -0.353 e. The summed E-state index contributed by atoms with van der Waals surface area (Å²) in [5, 5.41) is 11.8. The van der Waals surface area contributed by atoms with Gasteiger partial charge in [0, 0.05) is 10.7 Å². The molecule has 0 bridgehead atoms. The molecule has 0 aliphatic rings. The summed E-state index contributed by atoms with van der Waals surface area (Å²) < 4.78 is 14.1. The molecule has 0 atom stereocenters. The first-order valence-corrected chi connectivity index (χ1v) is 5.56. The zero-order valence-corrected chi connectivity index (χ0v) is 10.2. The molecule has 0 spiro atoms. The van der Waals surface area contributed by atoms with Crippen LogP contribution in [-0.4, -0.2) is 4.98 Å². The maximum atomic E-state index is 13.3. The highest BCUT2D eigenvalue weighted by Crippen LogP contribution is 2.23. The zero-order valence-electron chi connectivity index (χ0n) is 8.61. The van der Waals surface area contributed by atoms with Gasteiger partial charge in [-0.05, 0) is 34.1 Å². The van der Waals surface area contributed by atoms with Crippen molar-refractivity contribution in [1.82, 2.24) is 4.98 Å². The molecule has 2 aromatic rings. The number of nitrogens with one attached hydrogen (secondary N) is 1. The van der Waals surface area contributed by atoms with Gasteiger partial charge in [-0.25, -0.2) is 4.39 Å². The quantitative estimate of drug-likeness (QED) is 0.920. The monoisotopic (exact) mass is 291 g/mol. The lowest BCUT2D eigenvalue weighted by Gasteiger charge is -2.08. The van der Waals surface area contributed by atoms with E-state index in [9.17, 15) is 4.39 Å². The number of rotatable bonds is 2. The number of nitrogens with zero attached hydrogens (tertiary/aromatic N) is 2. The Bertz CT molecular complexity index is 593. The minimum absolute atomic E-state index is 0.00697. The fourth-order valence-electron chi connectivity index (χ4n) is 1.38. The van der Waals surface area contributed by atoms with Crippen LogP contribution in [0.3, 0.4) is 0 Å². The van der Waals surface area contributed by atoms with Gasteiger partial charge in [0.15, 0.2) is 0 Å². The Labute approximate surface area is 106 Å². The average Bonchev–Trinajstić information content (AvgIpc) is 2.29. The lowest BCUT2D eigenvalue weighted by molar-refractivity contribution is 0.624. The lowest BCUT2D eigenvalue weighted by atomic mass is 10.2. The molecule has 1 heterocycles. The van der Waals surface area contributed by atoms with Crippen molar-refractivity contribution in [2.75, 3.05) is 5.32 Å². The van der Waals surface area contributed by atoms with Crippen LogP contribution in [0.25, 0.3) is 0 Å². The van der Waals surface area contributed by atoms with Crippen LogP contribution in [0.2, 0.25) is 0 Å². The molecule has 0 amide bonds. The smallest absolute Gasteiger partial charge is 0.143 e. The summed E-state index contributed by atoms with van der Waals surface area (Å²) in [6.07, 6.45) is 3.23. The van der Waals surface area contributed by atoms with E-state index in [1.165, 1.54) is 6.07 Å². The van der Waals surface area contributed by atoms with Crippen molar-refractivity contribution < 1.29 is 4.39 Å². The van der Waals surface area contributed by atoms with E-state index in [0.717, 1.165) is 4.47 Å². The maximum absolute atomic E-state index is 13.3. The second kappa shape index (κ2) is 4.93. The van der Waals surface area contributed by atoms with Gasteiger partial charge in [0.1, 0.15) is 17.4 Å². The first kappa shape index (κ1) is 11.6. The van der Waals surface area contributed by atoms with Crippen molar-refractivity contribution in [2.24, 2.45) is 0 Å². The standard InChI is InChI=1S/C12H7BrFN3/c13-8-4-9(7-16-6-8)17-12-3-1-2-11(14)10(12)5-15/h1-4,6-7,17H. The molecule has 0 saturated heterocycles. The van der Waals surface area contributed by atoms with Gasteiger partial charge in [-0.15, -0.1) is 0 Å². The second-order valence-corrected chi connectivity index (χ2v) is 4.21. The number of hydrogen-bond donors (Lipinski definition) is 1. The predicted octanol–water partition coefficient (Wildman–Crippen LogP) is 3.60. The maximum Gasteiger partial charge on any atom is 0.143 e. The highest BCUT2D eigenvalue weighted by Gasteiger charge is 2.07. The van der Waals surface area contributed by atoms with E-state index in [1.54, 1.807) is 30.6 Å². The predicted molar refractivity (Wildman–Crippen MR) is 66.3 cm³/mol. The third-order valence-corrected chi connectivity index (χ3v) is 2.54. The van der Waals surface area contributed by atoms with Crippen LogP contribution in [0, 0.1) is 17.1 Å². The van der Waals surface area contributed by atoms with E-state index < -0.39 is 5.82 Å². The number of halogens is 2. The highest BCUT2D eigenvalue weighted by molar-refractivity contribution is 9.10. The van der Waals surface area contributed by atoms with Crippen LogP contribution < -0.4 is 5.32 Å². The van der Waals surface area contributed by atoms with E-state index in [1.807, 2.05) is 6.07 Å². The van der Waals surface area contributed by atoms with Crippen molar-refractivity contribution in [1.29, 1.82) is 5.26 Å². The van der Waals surface area contributed by atoms with Crippen molar-refractivity contribution >= 4 is 27.3 Å². The first-order chi connectivity index (χ1) is 8.20. The third kappa shape index (κ3) is 2.60. The SMILES string of the molecule is N#Cc1c(F)cccc1Nc1cncc(Br)c1. The molecule has 1 N–H and O–H groups in total. The number of nitriles is 1. The normalized spacial score (nSPS) is 9.71. The van der Waals surface area contributed by atoms with Gasteiger partial charge in [0.2, 0.25) is 0 Å². The molecule has 84 valence electrons. The van der Waals surface area contributed by atoms with Gasteiger partial charge in [0.05, 0.1) is 17.6 Å². The Balaban J connectivity index is 2.37. The number of benzene rings is 1. The fraction of sp³-hybridized carbons (Fsp3) is 0. The Morgan fingerprint density at radius 1 is 1.35 bits per heavy atom. The summed E-state index contributed by atoms with van der Waals surface area (Å²) in [4.78, 5) is 3.97. The Kier molecular flexibility index (Phi) is 3.35. The molecule has 0 aliphatic carbocycles. The molecule has 0 unspecified atom stereocenters. The third-order valence-electron chi connectivity index (χ3n) is 2.11. The Morgan fingerprint density at radius 3 is 2.88 bits per heavy atom. The van der Waals surface area contributed by atoms with Crippen molar-refractivity contribution in [2.45, 2.75) is 0 Å². The molecule has 5 heteroatoms. The molecule has 0 radical (unpaired) electrons. The Hall–Kier alpha value is -1.93. The lowest BCUT2D eigenvalue weighted by Crippen LogP contribution is -1.96. The summed E-state index contributed by atoms with van der Waals surface area (Å²) in [6, 6.07) is 8.06. The van der Waals surface area contributed by atoms with Crippen LogP contribution in [0.1, 0.15) is 5.56 Å². The van der Waals surface area contributed by atoms with Gasteiger partial charge < -0.3 is 5.32 Å². The van der Waals surface area contributed by atoms with Gasteiger partial charge in [-0.3, -0.25) is 4.98 Å². The molecule has 1 aromatic carbocycles. The minimum atomic E-state index is -0.541. The van der Waals surface area contributed by atoms with Crippen molar-refractivity contribution in [3.8, 4) is 6.07 Å². The van der Waals surface area contributed by atoms with Crippen LogP contribution >= 0.6 is 15.9 Å².